The van der Waals surface area contributed by atoms with Gasteiger partial charge in [-0.3, -0.25) is 0 Å². The van der Waals surface area contributed by atoms with Crippen LogP contribution < -0.4 is 10.5 Å². The van der Waals surface area contributed by atoms with Gasteiger partial charge in [-0.15, -0.1) is 0 Å². The Balaban J connectivity index is 2.02. The number of nitrogens with two attached hydrogens (primary N) is 1. The number of likely N-dealkylation sites (tertiary alicyclic amines) is 1. The number of nitrogens with zero attached hydrogens (tertiary/aromatic N) is 1. The van der Waals surface area contributed by atoms with Gasteiger partial charge in [0.05, 0.1) is 7.11 Å². The van der Waals surface area contributed by atoms with E-state index in [2.05, 4.69) is 0 Å². The molecular formula is C18H28N2O3. The number of hydrogen-bond donors (Lipinski definition) is 1. The third-order valence-corrected chi connectivity index (χ3v) is 4.22. The maximum Gasteiger partial charge on any atom is 0.410 e. The highest BCUT2D eigenvalue weighted by Gasteiger charge is 2.33. The van der Waals surface area contributed by atoms with Crippen LogP contribution >= 0.6 is 0 Å². The minimum Gasteiger partial charge on any atom is -0.497 e. The summed E-state index contributed by atoms with van der Waals surface area (Å²) in [6.45, 7) is 9.02. The molecule has 5 heteroatoms. The second-order valence-corrected chi connectivity index (χ2v) is 7.22. The van der Waals surface area contributed by atoms with Gasteiger partial charge in [0.25, 0.3) is 0 Å². The molecular weight excluding hydrogens is 292 g/mol. The summed E-state index contributed by atoms with van der Waals surface area (Å²) in [5.41, 5.74) is 8.23. The van der Waals surface area contributed by atoms with E-state index in [1.165, 1.54) is 0 Å². The molecule has 5 nitrogen and oxygen atoms in total. The second-order valence-electron chi connectivity index (χ2n) is 7.22. The van der Waals surface area contributed by atoms with Crippen LogP contribution in [0, 0.1) is 12.8 Å². The molecule has 1 aromatic carbocycles. The highest BCUT2D eigenvalue weighted by molar-refractivity contribution is 5.68. The zero-order chi connectivity index (χ0) is 17.2. The summed E-state index contributed by atoms with van der Waals surface area (Å²) in [4.78, 5) is 13.9. The van der Waals surface area contributed by atoms with Gasteiger partial charge in [0, 0.05) is 19.1 Å². The smallest absolute Gasteiger partial charge is 0.410 e. The standard InChI is InChI=1S/C18H28N2O3/c1-12-10-14(22-5)6-7-15(12)16(19)13-8-9-20(11-13)17(21)23-18(2,3)4/h6-7,10,13,16H,8-9,11,19H2,1-5H3. The molecule has 0 aromatic heterocycles. The van der Waals surface area contributed by atoms with Crippen LogP contribution in [0.15, 0.2) is 18.2 Å². The monoisotopic (exact) mass is 320 g/mol. The molecule has 2 rings (SSSR count). The maximum absolute atomic E-state index is 12.2. The summed E-state index contributed by atoms with van der Waals surface area (Å²) in [6.07, 6.45) is 0.643. The lowest BCUT2D eigenvalue weighted by Gasteiger charge is -2.25. The van der Waals surface area contributed by atoms with Crippen molar-refractivity contribution in [2.24, 2.45) is 11.7 Å². The lowest BCUT2D eigenvalue weighted by atomic mass is 9.90. The Bertz CT molecular complexity index is 566. The molecule has 23 heavy (non-hydrogen) atoms. The van der Waals surface area contributed by atoms with Gasteiger partial charge in [-0.25, -0.2) is 4.79 Å². The van der Waals surface area contributed by atoms with Gasteiger partial charge in [0.1, 0.15) is 11.4 Å². The Morgan fingerprint density at radius 3 is 2.65 bits per heavy atom. The molecule has 1 aliphatic rings. The number of benzene rings is 1. The molecule has 128 valence electrons. The first-order valence-electron chi connectivity index (χ1n) is 8.09. The van der Waals surface area contributed by atoms with Crippen LogP contribution in [0.25, 0.3) is 0 Å². The summed E-state index contributed by atoms with van der Waals surface area (Å²) in [7, 11) is 1.66. The van der Waals surface area contributed by atoms with Crippen LogP contribution in [0.5, 0.6) is 5.75 Å². The third kappa shape index (κ3) is 4.38. The first-order valence-corrected chi connectivity index (χ1v) is 8.09. The molecule has 2 N–H and O–H groups in total. The molecule has 0 aliphatic carbocycles. The summed E-state index contributed by atoms with van der Waals surface area (Å²) in [5, 5.41) is 0. The molecule has 0 saturated carbocycles. The van der Waals surface area contributed by atoms with Gasteiger partial charge in [-0.1, -0.05) is 6.07 Å². The van der Waals surface area contributed by atoms with Crippen molar-refractivity contribution in [1.82, 2.24) is 4.90 Å². The topological polar surface area (TPSA) is 64.8 Å². The van der Waals surface area contributed by atoms with Crippen molar-refractivity contribution < 1.29 is 14.3 Å². The number of aryl methyl sites for hydroxylation is 1. The average molecular weight is 320 g/mol. The van der Waals surface area contributed by atoms with Gasteiger partial charge in [-0.05, 0) is 63.3 Å². The normalized spacial score (nSPS) is 19.6. The van der Waals surface area contributed by atoms with Crippen LogP contribution in [-0.4, -0.2) is 36.8 Å². The first kappa shape index (κ1) is 17.6. The average Bonchev–Trinajstić information content (AvgIpc) is 2.94. The van der Waals surface area contributed by atoms with Crippen LogP contribution in [0.3, 0.4) is 0 Å². The van der Waals surface area contributed by atoms with E-state index < -0.39 is 5.60 Å². The van der Waals surface area contributed by atoms with Crippen molar-refractivity contribution in [2.45, 2.75) is 45.8 Å². The largest absolute Gasteiger partial charge is 0.497 e. The van der Waals surface area contributed by atoms with Crippen LogP contribution in [0.2, 0.25) is 0 Å². The zero-order valence-electron chi connectivity index (χ0n) is 14.8. The fraction of sp³-hybridized carbons (Fsp3) is 0.611. The van der Waals surface area contributed by atoms with Crippen molar-refractivity contribution in [3.8, 4) is 5.75 Å². The van der Waals surface area contributed by atoms with E-state index in [-0.39, 0.29) is 18.1 Å². The number of carbonyl (C=O) groups is 1. The fourth-order valence-electron chi connectivity index (χ4n) is 2.98. The summed E-state index contributed by atoms with van der Waals surface area (Å²) >= 11 is 0. The molecule has 1 heterocycles. The number of rotatable bonds is 3. The lowest BCUT2D eigenvalue weighted by Crippen LogP contribution is -2.36. The van der Waals surface area contributed by atoms with Crippen molar-refractivity contribution in [3.05, 3.63) is 29.3 Å². The van der Waals surface area contributed by atoms with E-state index in [0.717, 1.165) is 23.3 Å². The van der Waals surface area contributed by atoms with Crippen molar-refractivity contribution in [2.75, 3.05) is 20.2 Å². The number of methoxy groups -OCH3 is 1. The maximum atomic E-state index is 12.2. The molecule has 2 unspecified atom stereocenters. The zero-order valence-corrected chi connectivity index (χ0v) is 14.8. The number of hydrogen-bond acceptors (Lipinski definition) is 4. The molecule has 0 spiro atoms. The SMILES string of the molecule is COc1ccc(C(N)C2CCN(C(=O)OC(C)(C)C)C2)c(C)c1. The molecule has 1 aliphatic heterocycles. The number of carbonyl (C=O) groups excluding carboxylic acids is 1. The van der Waals surface area contributed by atoms with Gasteiger partial charge >= 0.3 is 6.09 Å². The third-order valence-electron chi connectivity index (χ3n) is 4.22. The predicted molar refractivity (Wildman–Crippen MR) is 90.6 cm³/mol. The van der Waals surface area contributed by atoms with Gasteiger partial charge in [-0.2, -0.15) is 0 Å². The van der Waals surface area contributed by atoms with E-state index in [1.807, 2.05) is 45.9 Å². The molecule has 2 atom stereocenters. The Labute approximate surface area is 138 Å². The molecule has 1 fully saturated rings. The molecule has 1 amide bonds. The summed E-state index contributed by atoms with van der Waals surface area (Å²) in [5.74, 6) is 1.08. The van der Waals surface area contributed by atoms with Crippen LogP contribution in [0.4, 0.5) is 4.79 Å². The number of ether oxygens (including phenoxy) is 2. The van der Waals surface area contributed by atoms with E-state index in [0.29, 0.717) is 13.1 Å². The Morgan fingerprint density at radius 1 is 1.39 bits per heavy atom. The molecule has 1 aromatic rings. The summed E-state index contributed by atoms with van der Waals surface area (Å²) in [6, 6.07) is 5.86. The minimum atomic E-state index is -0.468. The van der Waals surface area contributed by atoms with Crippen molar-refractivity contribution in [3.63, 3.8) is 0 Å². The van der Waals surface area contributed by atoms with Gasteiger partial charge < -0.3 is 20.1 Å². The van der Waals surface area contributed by atoms with E-state index >= 15 is 0 Å². The van der Waals surface area contributed by atoms with E-state index in [1.54, 1.807) is 12.0 Å². The highest BCUT2D eigenvalue weighted by atomic mass is 16.6. The molecule has 1 saturated heterocycles. The van der Waals surface area contributed by atoms with Crippen LogP contribution in [0.1, 0.15) is 44.4 Å². The molecule has 0 radical (unpaired) electrons. The Morgan fingerprint density at radius 2 is 2.09 bits per heavy atom. The predicted octanol–water partition coefficient (Wildman–Crippen LogP) is 3.26. The van der Waals surface area contributed by atoms with E-state index in [9.17, 15) is 4.79 Å². The van der Waals surface area contributed by atoms with Crippen molar-refractivity contribution in [1.29, 1.82) is 0 Å². The second kappa shape index (κ2) is 6.79. The van der Waals surface area contributed by atoms with Gasteiger partial charge in [0.2, 0.25) is 0 Å². The molecule has 0 bridgehead atoms. The summed E-state index contributed by atoms with van der Waals surface area (Å²) < 4.78 is 10.7. The van der Waals surface area contributed by atoms with E-state index in [4.69, 9.17) is 15.2 Å². The van der Waals surface area contributed by atoms with Crippen LogP contribution in [-0.2, 0) is 4.74 Å². The first-order chi connectivity index (χ1) is 10.7. The fourth-order valence-corrected chi connectivity index (χ4v) is 2.98. The Hall–Kier alpha value is -1.75. The lowest BCUT2D eigenvalue weighted by molar-refractivity contribution is 0.0286. The Kier molecular flexibility index (Phi) is 5.19. The van der Waals surface area contributed by atoms with Gasteiger partial charge in [0.15, 0.2) is 0 Å². The highest BCUT2D eigenvalue weighted by Crippen LogP contribution is 2.32. The van der Waals surface area contributed by atoms with Crippen molar-refractivity contribution >= 4 is 6.09 Å². The quantitative estimate of drug-likeness (QED) is 0.928. The number of amides is 1. The minimum absolute atomic E-state index is 0.0895.